The summed E-state index contributed by atoms with van der Waals surface area (Å²) in [7, 11) is 1.51. The predicted octanol–water partition coefficient (Wildman–Crippen LogP) is 5.59. The van der Waals surface area contributed by atoms with E-state index in [4.69, 9.17) is 21.1 Å². The van der Waals surface area contributed by atoms with E-state index in [1.165, 1.54) is 25.6 Å². The minimum Gasteiger partial charge on any atom is -0.493 e. The molecule has 188 valence electrons. The molecule has 0 unspecified atom stereocenters. The van der Waals surface area contributed by atoms with Crippen molar-refractivity contribution in [3.8, 4) is 11.5 Å². The number of allylic oxidation sites excluding steroid dienone is 1. The fourth-order valence-corrected chi connectivity index (χ4v) is 4.42. The van der Waals surface area contributed by atoms with E-state index in [1.807, 2.05) is 43.3 Å². The number of fused-ring (bicyclic) bond motifs is 1. The van der Waals surface area contributed by atoms with E-state index in [-0.39, 0.29) is 23.1 Å². The number of ether oxygens (including phenoxy) is 2. The van der Waals surface area contributed by atoms with Gasteiger partial charge in [0.1, 0.15) is 24.8 Å². The molecule has 0 saturated carbocycles. The first-order chi connectivity index (χ1) is 18.0. The van der Waals surface area contributed by atoms with E-state index in [0.717, 1.165) is 5.56 Å². The molecule has 1 aliphatic rings. The van der Waals surface area contributed by atoms with Gasteiger partial charge in [-0.3, -0.25) is 4.79 Å². The van der Waals surface area contributed by atoms with Gasteiger partial charge in [-0.1, -0.05) is 41.9 Å². The second-order valence-electron chi connectivity index (χ2n) is 8.31. The number of halogens is 2. The summed E-state index contributed by atoms with van der Waals surface area (Å²) in [4.78, 5) is 17.7. The van der Waals surface area contributed by atoms with E-state index in [1.54, 1.807) is 22.9 Å². The first-order valence-corrected chi connectivity index (χ1v) is 11.8. The van der Waals surface area contributed by atoms with Crippen molar-refractivity contribution in [3.05, 3.63) is 106 Å². The van der Waals surface area contributed by atoms with Gasteiger partial charge in [-0.05, 0) is 48.9 Å². The van der Waals surface area contributed by atoms with Crippen LogP contribution in [0.25, 0.3) is 0 Å². The summed E-state index contributed by atoms with van der Waals surface area (Å²) >= 11 is 6.13. The van der Waals surface area contributed by atoms with Gasteiger partial charge < -0.3 is 20.1 Å². The number of benzene rings is 3. The third-order valence-corrected chi connectivity index (χ3v) is 6.36. The fraction of sp³-hybridized carbons (Fsp3) is 0.148. The summed E-state index contributed by atoms with van der Waals surface area (Å²) in [6.45, 7) is 1.74. The SMILES string of the molecule is COc1cc([C@@H]2C(C(=O)Nc3ccccc3)=C(C)Nc3ncnn32)ccc1OCc1c(F)cccc1Cl. The average Bonchev–Trinajstić information content (AvgIpc) is 3.36. The molecule has 2 heterocycles. The molecule has 1 aromatic heterocycles. The van der Waals surface area contributed by atoms with Gasteiger partial charge in [-0.25, -0.2) is 9.07 Å². The lowest BCUT2D eigenvalue weighted by Crippen LogP contribution is -2.31. The van der Waals surface area contributed by atoms with Crippen LogP contribution in [-0.2, 0) is 11.4 Å². The summed E-state index contributed by atoms with van der Waals surface area (Å²) < 4.78 is 27.3. The van der Waals surface area contributed by atoms with Crippen LogP contribution < -0.4 is 20.1 Å². The topological polar surface area (TPSA) is 90.3 Å². The maximum Gasteiger partial charge on any atom is 0.255 e. The summed E-state index contributed by atoms with van der Waals surface area (Å²) in [6.07, 6.45) is 1.42. The van der Waals surface area contributed by atoms with Crippen molar-refractivity contribution in [2.45, 2.75) is 19.6 Å². The molecular weight excluding hydrogens is 497 g/mol. The maximum absolute atomic E-state index is 14.2. The van der Waals surface area contributed by atoms with Crippen LogP contribution in [0.15, 0.2) is 84.3 Å². The van der Waals surface area contributed by atoms with Crippen molar-refractivity contribution in [1.29, 1.82) is 0 Å². The molecule has 0 bridgehead atoms. The largest absolute Gasteiger partial charge is 0.493 e. The monoisotopic (exact) mass is 519 g/mol. The molecule has 0 fully saturated rings. The number of hydrogen-bond donors (Lipinski definition) is 2. The molecular formula is C27H23ClFN5O3. The average molecular weight is 520 g/mol. The smallest absolute Gasteiger partial charge is 0.255 e. The van der Waals surface area contributed by atoms with Crippen LogP contribution in [0.3, 0.4) is 0 Å². The Morgan fingerprint density at radius 3 is 2.70 bits per heavy atom. The fourth-order valence-electron chi connectivity index (χ4n) is 4.21. The van der Waals surface area contributed by atoms with Crippen molar-refractivity contribution in [3.63, 3.8) is 0 Å². The number of aromatic nitrogens is 3. The third-order valence-electron chi connectivity index (χ3n) is 6.01. The van der Waals surface area contributed by atoms with Crippen LogP contribution in [0.1, 0.15) is 24.1 Å². The number of methoxy groups -OCH3 is 1. The lowest BCUT2D eigenvalue weighted by Gasteiger charge is -2.29. The van der Waals surface area contributed by atoms with Gasteiger partial charge in [0.15, 0.2) is 11.5 Å². The second-order valence-corrected chi connectivity index (χ2v) is 8.72. The molecule has 1 aliphatic heterocycles. The molecule has 37 heavy (non-hydrogen) atoms. The van der Waals surface area contributed by atoms with Gasteiger partial charge >= 0.3 is 0 Å². The molecule has 0 aliphatic carbocycles. The highest BCUT2D eigenvalue weighted by Crippen LogP contribution is 2.39. The van der Waals surface area contributed by atoms with E-state index in [2.05, 4.69) is 20.7 Å². The third kappa shape index (κ3) is 4.85. The number of amides is 1. The zero-order valence-electron chi connectivity index (χ0n) is 20.0. The van der Waals surface area contributed by atoms with E-state index >= 15 is 0 Å². The van der Waals surface area contributed by atoms with Crippen molar-refractivity contribution in [1.82, 2.24) is 14.8 Å². The highest BCUT2D eigenvalue weighted by molar-refractivity contribution is 6.31. The molecule has 10 heteroatoms. The zero-order valence-corrected chi connectivity index (χ0v) is 20.8. The minimum absolute atomic E-state index is 0.0778. The Balaban J connectivity index is 1.48. The van der Waals surface area contributed by atoms with Crippen molar-refractivity contribution >= 4 is 29.1 Å². The van der Waals surface area contributed by atoms with E-state index in [0.29, 0.717) is 34.4 Å². The molecule has 0 radical (unpaired) electrons. The number of para-hydroxylation sites is 1. The Bertz CT molecular complexity index is 1470. The van der Waals surface area contributed by atoms with Crippen LogP contribution in [-0.4, -0.2) is 27.8 Å². The predicted molar refractivity (Wildman–Crippen MR) is 138 cm³/mol. The van der Waals surface area contributed by atoms with Gasteiger partial charge in [0.2, 0.25) is 5.95 Å². The summed E-state index contributed by atoms with van der Waals surface area (Å²) in [6, 6.07) is 18.4. The number of nitrogens with one attached hydrogen (secondary N) is 2. The number of rotatable bonds is 7. The number of hydrogen-bond acceptors (Lipinski definition) is 6. The molecule has 0 saturated heterocycles. The standard InChI is InChI=1S/C27H23ClFN5O3/c1-16-24(26(35)33-18-7-4-3-5-8-18)25(34-27(32-16)30-15-31-34)17-11-12-22(23(13-17)36-2)37-14-19-20(28)9-6-10-21(19)29/h3-13,15,25H,14H2,1-2H3,(H,33,35)(H,30,31,32)/t25-/m1/s1. The molecule has 1 amide bonds. The van der Waals surface area contributed by atoms with Crippen molar-refractivity contribution < 1.29 is 18.7 Å². The van der Waals surface area contributed by atoms with Gasteiger partial charge in [-0.2, -0.15) is 10.1 Å². The van der Waals surface area contributed by atoms with Gasteiger partial charge in [0.05, 0.1) is 17.7 Å². The van der Waals surface area contributed by atoms with Gasteiger partial charge in [0.25, 0.3) is 5.91 Å². The molecule has 5 rings (SSSR count). The molecule has 2 N–H and O–H groups in total. The van der Waals surface area contributed by atoms with Crippen LogP contribution in [0.5, 0.6) is 11.5 Å². The molecule has 1 atom stereocenters. The Labute approximate surface area is 217 Å². The number of carbonyl (C=O) groups is 1. The summed E-state index contributed by atoms with van der Waals surface area (Å²) in [5.41, 5.74) is 2.76. The van der Waals surface area contributed by atoms with E-state index in [9.17, 15) is 9.18 Å². The van der Waals surface area contributed by atoms with Crippen molar-refractivity contribution in [2.75, 3.05) is 17.7 Å². The number of anilines is 2. The van der Waals surface area contributed by atoms with Crippen molar-refractivity contribution in [2.24, 2.45) is 0 Å². The maximum atomic E-state index is 14.2. The summed E-state index contributed by atoms with van der Waals surface area (Å²) in [5, 5.41) is 10.7. The number of carbonyl (C=O) groups excluding carboxylic acids is 1. The first-order valence-electron chi connectivity index (χ1n) is 11.4. The zero-order chi connectivity index (χ0) is 25.9. The van der Waals surface area contributed by atoms with Gasteiger partial charge in [-0.15, -0.1) is 0 Å². The molecule has 4 aromatic rings. The quantitative estimate of drug-likeness (QED) is 0.331. The molecule has 8 nitrogen and oxygen atoms in total. The number of nitrogens with zero attached hydrogens (tertiary/aromatic N) is 3. The highest BCUT2D eigenvalue weighted by atomic mass is 35.5. The lowest BCUT2D eigenvalue weighted by molar-refractivity contribution is -0.113. The Kier molecular flexibility index (Phi) is 6.78. The Morgan fingerprint density at radius 1 is 1.14 bits per heavy atom. The van der Waals surface area contributed by atoms with Crippen LogP contribution in [0, 0.1) is 5.82 Å². The second kappa shape index (κ2) is 10.3. The van der Waals surface area contributed by atoms with E-state index < -0.39 is 11.9 Å². The van der Waals surface area contributed by atoms with Crippen LogP contribution in [0.2, 0.25) is 5.02 Å². The molecule has 0 spiro atoms. The minimum atomic E-state index is -0.591. The Morgan fingerprint density at radius 2 is 1.95 bits per heavy atom. The molecule has 3 aromatic carbocycles. The first kappa shape index (κ1) is 24.3. The highest BCUT2D eigenvalue weighted by Gasteiger charge is 2.34. The lowest BCUT2D eigenvalue weighted by atomic mass is 9.94. The normalized spacial score (nSPS) is 14.5. The Hall–Kier alpha value is -4.37. The van der Waals surface area contributed by atoms with Crippen LogP contribution in [0.4, 0.5) is 16.0 Å². The van der Waals surface area contributed by atoms with Gasteiger partial charge in [0, 0.05) is 16.9 Å². The van der Waals surface area contributed by atoms with Crippen LogP contribution >= 0.6 is 11.6 Å². The summed E-state index contributed by atoms with van der Waals surface area (Å²) in [5.74, 6) is 0.578.